The third-order valence-electron chi connectivity index (χ3n) is 7.23. The van der Waals surface area contributed by atoms with Crippen molar-refractivity contribution in [2.45, 2.75) is 39.7 Å². The zero-order valence-corrected chi connectivity index (χ0v) is 22.8. The van der Waals surface area contributed by atoms with Crippen molar-refractivity contribution in [3.05, 3.63) is 84.1 Å². The van der Waals surface area contributed by atoms with E-state index in [-0.39, 0.29) is 24.2 Å². The first-order valence-electron chi connectivity index (χ1n) is 13.6. The average molecular weight is 523 g/mol. The second kappa shape index (κ2) is 11.7. The number of hydrogen-bond acceptors (Lipinski definition) is 5. The first kappa shape index (κ1) is 26.4. The molecule has 1 aromatic heterocycles. The quantitative estimate of drug-likeness (QED) is 0.224. The SMILES string of the molecule is CCOC(=O)Cc1ccc(OC)c(-c2ccc(-c3ccc4ncccc4c3)cc2CN(CC)C(=O)C2CC2)c1. The summed E-state index contributed by atoms with van der Waals surface area (Å²) in [6, 6.07) is 22.4. The highest BCUT2D eigenvalue weighted by Crippen LogP contribution is 2.38. The molecule has 200 valence electrons. The van der Waals surface area contributed by atoms with Gasteiger partial charge in [0.15, 0.2) is 0 Å². The van der Waals surface area contributed by atoms with Crippen LogP contribution in [0.5, 0.6) is 5.75 Å². The van der Waals surface area contributed by atoms with Gasteiger partial charge in [0.25, 0.3) is 0 Å². The molecule has 4 aromatic rings. The van der Waals surface area contributed by atoms with Gasteiger partial charge < -0.3 is 14.4 Å². The molecule has 3 aromatic carbocycles. The molecule has 1 fully saturated rings. The highest BCUT2D eigenvalue weighted by atomic mass is 16.5. The number of carbonyl (C=O) groups excluding carboxylic acids is 2. The number of methoxy groups -OCH3 is 1. The molecule has 0 unspecified atom stereocenters. The number of benzene rings is 3. The van der Waals surface area contributed by atoms with Crippen LogP contribution in [0.25, 0.3) is 33.2 Å². The van der Waals surface area contributed by atoms with Crippen LogP contribution in [0.3, 0.4) is 0 Å². The van der Waals surface area contributed by atoms with Crippen LogP contribution in [-0.2, 0) is 27.3 Å². The molecule has 0 spiro atoms. The van der Waals surface area contributed by atoms with Crippen molar-refractivity contribution >= 4 is 22.8 Å². The lowest BCUT2D eigenvalue weighted by Crippen LogP contribution is -2.31. The summed E-state index contributed by atoms with van der Waals surface area (Å²) in [6.45, 7) is 5.32. The van der Waals surface area contributed by atoms with Crippen LogP contribution < -0.4 is 4.74 Å². The standard InChI is InChI=1S/C33H34N2O4/c1-4-35(33(37)23-9-10-23)21-27-20-24(25-12-14-30-26(19-25)7-6-16-34-30)11-13-28(27)29-17-22(8-15-31(29)38-3)18-32(36)39-5-2/h6-8,11-17,19-20,23H,4-5,9-10,18,21H2,1-3H3. The molecule has 1 saturated carbocycles. The van der Waals surface area contributed by atoms with Crippen LogP contribution in [0.1, 0.15) is 37.8 Å². The Kier molecular flexibility index (Phi) is 7.92. The molecule has 0 bridgehead atoms. The topological polar surface area (TPSA) is 68.7 Å². The largest absolute Gasteiger partial charge is 0.496 e. The summed E-state index contributed by atoms with van der Waals surface area (Å²) in [6.07, 6.45) is 3.92. The number of aromatic nitrogens is 1. The van der Waals surface area contributed by atoms with E-state index in [1.807, 2.05) is 42.2 Å². The van der Waals surface area contributed by atoms with E-state index in [0.717, 1.165) is 57.1 Å². The molecule has 0 saturated heterocycles. The molecule has 1 amide bonds. The van der Waals surface area contributed by atoms with E-state index in [4.69, 9.17) is 9.47 Å². The normalized spacial score (nSPS) is 12.8. The number of nitrogens with zero attached hydrogens (tertiary/aromatic N) is 2. The van der Waals surface area contributed by atoms with Gasteiger partial charge in [-0.3, -0.25) is 14.6 Å². The Labute approximate surface area is 229 Å². The number of fused-ring (bicyclic) bond motifs is 1. The molecule has 0 radical (unpaired) electrons. The minimum absolute atomic E-state index is 0.145. The summed E-state index contributed by atoms with van der Waals surface area (Å²) >= 11 is 0. The predicted octanol–water partition coefficient (Wildman–Crippen LogP) is 6.44. The van der Waals surface area contributed by atoms with Crippen LogP contribution in [0.4, 0.5) is 0 Å². The fourth-order valence-electron chi connectivity index (χ4n) is 5.02. The summed E-state index contributed by atoms with van der Waals surface area (Å²) in [4.78, 5) is 31.7. The number of pyridine rings is 1. The molecule has 0 N–H and O–H groups in total. The van der Waals surface area contributed by atoms with Gasteiger partial charge >= 0.3 is 5.97 Å². The maximum atomic E-state index is 13.1. The molecule has 1 aliphatic rings. The van der Waals surface area contributed by atoms with Gasteiger partial charge in [0.05, 0.1) is 25.7 Å². The fraction of sp³-hybridized carbons (Fsp3) is 0.303. The van der Waals surface area contributed by atoms with Gasteiger partial charge in [-0.05, 0) is 90.9 Å². The third-order valence-corrected chi connectivity index (χ3v) is 7.23. The lowest BCUT2D eigenvalue weighted by Gasteiger charge is -2.24. The Morgan fingerprint density at radius 1 is 0.949 bits per heavy atom. The van der Waals surface area contributed by atoms with E-state index in [1.165, 1.54) is 0 Å². The van der Waals surface area contributed by atoms with Gasteiger partial charge in [0.1, 0.15) is 5.75 Å². The number of rotatable bonds is 10. The van der Waals surface area contributed by atoms with Crippen molar-refractivity contribution in [2.75, 3.05) is 20.3 Å². The van der Waals surface area contributed by atoms with Gasteiger partial charge in [-0.1, -0.05) is 30.3 Å². The Balaban J connectivity index is 1.59. The van der Waals surface area contributed by atoms with E-state index in [9.17, 15) is 9.59 Å². The maximum Gasteiger partial charge on any atom is 0.310 e. The molecular formula is C33H34N2O4. The van der Waals surface area contributed by atoms with Gasteiger partial charge in [-0.15, -0.1) is 0 Å². The number of hydrogen-bond donors (Lipinski definition) is 0. The summed E-state index contributed by atoms with van der Waals surface area (Å²) in [5.74, 6) is 0.813. The van der Waals surface area contributed by atoms with Crippen molar-refractivity contribution in [3.63, 3.8) is 0 Å². The Morgan fingerprint density at radius 3 is 2.49 bits per heavy atom. The lowest BCUT2D eigenvalue weighted by atomic mass is 9.92. The molecule has 1 heterocycles. The van der Waals surface area contributed by atoms with Crippen molar-refractivity contribution in [1.82, 2.24) is 9.88 Å². The minimum Gasteiger partial charge on any atom is -0.496 e. The van der Waals surface area contributed by atoms with Crippen molar-refractivity contribution in [2.24, 2.45) is 5.92 Å². The van der Waals surface area contributed by atoms with E-state index in [0.29, 0.717) is 25.4 Å². The number of ether oxygens (including phenoxy) is 2. The van der Waals surface area contributed by atoms with Crippen molar-refractivity contribution < 1.29 is 19.1 Å². The summed E-state index contributed by atoms with van der Waals surface area (Å²) in [5, 5.41) is 1.08. The van der Waals surface area contributed by atoms with E-state index < -0.39 is 0 Å². The van der Waals surface area contributed by atoms with Crippen LogP contribution in [-0.4, -0.2) is 42.0 Å². The zero-order valence-electron chi connectivity index (χ0n) is 22.8. The fourth-order valence-corrected chi connectivity index (χ4v) is 5.02. The molecule has 5 rings (SSSR count). The lowest BCUT2D eigenvalue weighted by molar-refractivity contribution is -0.142. The van der Waals surface area contributed by atoms with Gasteiger partial charge in [-0.25, -0.2) is 0 Å². The maximum absolute atomic E-state index is 13.1. The molecule has 0 aliphatic heterocycles. The second-order valence-electron chi connectivity index (χ2n) is 9.93. The third kappa shape index (κ3) is 5.95. The predicted molar refractivity (Wildman–Crippen MR) is 153 cm³/mol. The van der Waals surface area contributed by atoms with Crippen molar-refractivity contribution in [3.8, 4) is 28.0 Å². The van der Waals surface area contributed by atoms with Gasteiger partial charge in [0.2, 0.25) is 5.91 Å². The van der Waals surface area contributed by atoms with Crippen LogP contribution >= 0.6 is 0 Å². The Morgan fingerprint density at radius 2 is 1.74 bits per heavy atom. The molecule has 0 atom stereocenters. The monoisotopic (exact) mass is 522 g/mol. The number of amides is 1. The summed E-state index contributed by atoms with van der Waals surface area (Å²) in [5.41, 5.74) is 6.85. The molecule has 39 heavy (non-hydrogen) atoms. The molecular weight excluding hydrogens is 488 g/mol. The molecule has 1 aliphatic carbocycles. The van der Waals surface area contributed by atoms with E-state index in [2.05, 4.69) is 41.4 Å². The minimum atomic E-state index is -0.262. The highest BCUT2D eigenvalue weighted by Gasteiger charge is 2.33. The van der Waals surface area contributed by atoms with Crippen LogP contribution in [0, 0.1) is 5.92 Å². The Hall–Kier alpha value is -4.19. The summed E-state index contributed by atoms with van der Waals surface area (Å²) < 4.78 is 10.9. The van der Waals surface area contributed by atoms with Crippen molar-refractivity contribution in [1.29, 1.82) is 0 Å². The number of esters is 1. The molecule has 6 heteroatoms. The van der Waals surface area contributed by atoms with Gasteiger partial charge in [0, 0.05) is 36.2 Å². The first-order valence-corrected chi connectivity index (χ1v) is 13.6. The second-order valence-corrected chi connectivity index (χ2v) is 9.93. The zero-order chi connectivity index (χ0) is 27.4. The van der Waals surface area contributed by atoms with E-state index in [1.54, 1.807) is 20.2 Å². The van der Waals surface area contributed by atoms with Crippen LogP contribution in [0.15, 0.2) is 72.9 Å². The van der Waals surface area contributed by atoms with Gasteiger partial charge in [-0.2, -0.15) is 0 Å². The first-order chi connectivity index (χ1) is 19.0. The summed E-state index contributed by atoms with van der Waals surface area (Å²) in [7, 11) is 1.65. The van der Waals surface area contributed by atoms with Crippen LogP contribution in [0.2, 0.25) is 0 Å². The Bertz CT molecular complexity index is 1510. The average Bonchev–Trinajstić information content (AvgIpc) is 3.81. The smallest absolute Gasteiger partial charge is 0.310 e. The highest BCUT2D eigenvalue weighted by molar-refractivity contribution is 5.86. The number of carbonyl (C=O) groups is 2. The van der Waals surface area contributed by atoms with E-state index >= 15 is 0 Å². The molecule has 6 nitrogen and oxygen atoms in total.